The molecule has 1 N–H and O–H groups in total. The van der Waals surface area contributed by atoms with Gasteiger partial charge in [-0.05, 0) is 30.3 Å². The van der Waals surface area contributed by atoms with Crippen LogP contribution in [0.2, 0.25) is 0 Å². The highest BCUT2D eigenvalue weighted by atomic mass is 16.5. The molecule has 2 aromatic carbocycles. The van der Waals surface area contributed by atoms with Gasteiger partial charge in [-0.2, -0.15) is 0 Å². The third-order valence-corrected chi connectivity index (χ3v) is 3.85. The molecule has 0 bridgehead atoms. The number of ether oxygens (including phenoxy) is 4. The van der Waals surface area contributed by atoms with E-state index in [0.717, 1.165) is 5.56 Å². The van der Waals surface area contributed by atoms with Gasteiger partial charge in [-0.1, -0.05) is 18.2 Å². The van der Waals surface area contributed by atoms with Crippen molar-refractivity contribution in [3.05, 3.63) is 59.7 Å². The van der Waals surface area contributed by atoms with E-state index < -0.39 is 11.9 Å². The molecule has 0 spiro atoms. The zero-order valence-electron chi connectivity index (χ0n) is 16.1. The summed E-state index contributed by atoms with van der Waals surface area (Å²) in [6.45, 7) is -0.106. The Morgan fingerprint density at radius 2 is 1.71 bits per heavy atom. The number of methoxy groups -OCH3 is 3. The van der Waals surface area contributed by atoms with E-state index in [2.05, 4.69) is 5.32 Å². The second kappa shape index (κ2) is 10.6. The number of hydrogen-bond donors (Lipinski definition) is 1. The van der Waals surface area contributed by atoms with Gasteiger partial charge in [0, 0.05) is 23.7 Å². The number of rotatable bonds is 9. The first-order valence-corrected chi connectivity index (χ1v) is 8.52. The van der Waals surface area contributed by atoms with E-state index in [0.29, 0.717) is 22.8 Å². The topological polar surface area (TPSA) is 83.1 Å². The van der Waals surface area contributed by atoms with E-state index in [1.54, 1.807) is 38.5 Å². The number of benzene rings is 2. The van der Waals surface area contributed by atoms with Crippen LogP contribution in [0.15, 0.2) is 48.5 Å². The van der Waals surface area contributed by atoms with Gasteiger partial charge in [-0.15, -0.1) is 0 Å². The number of esters is 1. The molecule has 28 heavy (non-hydrogen) atoms. The largest absolute Gasteiger partial charge is 0.497 e. The van der Waals surface area contributed by atoms with Crippen LogP contribution in [-0.4, -0.2) is 39.8 Å². The molecular formula is C21H23NO6. The summed E-state index contributed by atoms with van der Waals surface area (Å²) in [6.07, 6.45) is 2.77. The van der Waals surface area contributed by atoms with Crippen LogP contribution in [0.3, 0.4) is 0 Å². The molecule has 0 unspecified atom stereocenters. The molecule has 0 aliphatic rings. The lowest BCUT2D eigenvalue weighted by Gasteiger charge is -2.09. The van der Waals surface area contributed by atoms with Crippen molar-refractivity contribution in [2.75, 3.05) is 27.9 Å². The lowest BCUT2D eigenvalue weighted by Crippen LogP contribution is -2.28. The Kier molecular flexibility index (Phi) is 7.90. The average molecular weight is 385 g/mol. The average Bonchev–Trinajstić information content (AvgIpc) is 2.74. The van der Waals surface area contributed by atoms with Crippen LogP contribution in [-0.2, 0) is 20.9 Å². The quantitative estimate of drug-likeness (QED) is 0.528. The van der Waals surface area contributed by atoms with E-state index in [1.807, 2.05) is 18.2 Å². The molecule has 7 nitrogen and oxygen atoms in total. The van der Waals surface area contributed by atoms with Crippen LogP contribution in [0.4, 0.5) is 0 Å². The monoisotopic (exact) mass is 385 g/mol. The Morgan fingerprint density at radius 3 is 2.43 bits per heavy atom. The third kappa shape index (κ3) is 6.05. The lowest BCUT2D eigenvalue weighted by molar-refractivity contribution is -0.143. The molecule has 0 saturated heterocycles. The van der Waals surface area contributed by atoms with E-state index in [9.17, 15) is 9.59 Å². The van der Waals surface area contributed by atoms with E-state index in [1.165, 1.54) is 19.3 Å². The summed E-state index contributed by atoms with van der Waals surface area (Å²) in [4.78, 5) is 23.8. The molecular weight excluding hydrogens is 362 g/mol. The van der Waals surface area contributed by atoms with Gasteiger partial charge in [-0.3, -0.25) is 4.79 Å². The number of para-hydroxylation sites is 1. The van der Waals surface area contributed by atoms with Crippen LogP contribution in [0.5, 0.6) is 17.2 Å². The summed E-state index contributed by atoms with van der Waals surface area (Å²) in [5.41, 5.74) is 1.48. The van der Waals surface area contributed by atoms with Gasteiger partial charge < -0.3 is 24.3 Å². The Balaban J connectivity index is 1.85. The summed E-state index contributed by atoms with van der Waals surface area (Å²) in [6, 6.07) is 12.5. The summed E-state index contributed by atoms with van der Waals surface area (Å²) < 4.78 is 20.6. The smallest absolute Gasteiger partial charge is 0.331 e. The molecule has 1 amide bonds. The van der Waals surface area contributed by atoms with Crippen molar-refractivity contribution in [1.82, 2.24) is 5.32 Å². The molecule has 0 aliphatic heterocycles. The van der Waals surface area contributed by atoms with Gasteiger partial charge in [0.1, 0.15) is 17.2 Å². The summed E-state index contributed by atoms with van der Waals surface area (Å²) in [7, 11) is 4.64. The van der Waals surface area contributed by atoms with E-state index in [-0.39, 0.29) is 13.2 Å². The summed E-state index contributed by atoms with van der Waals surface area (Å²) in [5.74, 6) is 0.836. The van der Waals surface area contributed by atoms with Crippen molar-refractivity contribution in [3.63, 3.8) is 0 Å². The van der Waals surface area contributed by atoms with Crippen LogP contribution >= 0.6 is 0 Å². The molecule has 7 heteroatoms. The SMILES string of the molecule is COc1ccc(OC)c(/C=C/C(=O)OCC(=O)NCc2ccccc2OC)c1. The predicted molar refractivity (Wildman–Crippen MR) is 104 cm³/mol. The number of carbonyl (C=O) groups is 2. The maximum Gasteiger partial charge on any atom is 0.331 e. The molecule has 0 radical (unpaired) electrons. The molecule has 2 rings (SSSR count). The Bertz CT molecular complexity index is 847. The van der Waals surface area contributed by atoms with Crippen molar-refractivity contribution in [2.45, 2.75) is 6.54 Å². The number of amides is 1. The highest BCUT2D eigenvalue weighted by molar-refractivity contribution is 5.89. The van der Waals surface area contributed by atoms with Crippen LogP contribution in [0.1, 0.15) is 11.1 Å². The Labute approximate surface area is 163 Å². The van der Waals surface area contributed by atoms with Gasteiger partial charge in [-0.25, -0.2) is 4.79 Å². The Morgan fingerprint density at radius 1 is 0.964 bits per heavy atom. The normalized spacial score (nSPS) is 10.4. The minimum Gasteiger partial charge on any atom is -0.497 e. The first-order valence-electron chi connectivity index (χ1n) is 8.52. The van der Waals surface area contributed by atoms with Crippen molar-refractivity contribution < 1.29 is 28.5 Å². The van der Waals surface area contributed by atoms with Crippen molar-refractivity contribution >= 4 is 18.0 Å². The van der Waals surface area contributed by atoms with Crippen LogP contribution in [0, 0.1) is 0 Å². The maximum absolute atomic E-state index is 11.9. The molecule has 0 atom stereocenters. The number of nitrogens with one attached hydrogen (secondary N) is 1. The first kappa shape index (κ1) is 20.8. The third-order valence-electron chi connectivity index (χ3n) is 3.85. The molecule has 148 valence electrons. The zero-order chi connectivity index (χ0) is 20.4. The fourth-order valence-corrected chi connectivity index (χ4v) is 2.41. The van der Waals surface area contributed by atoms with Crippen LogP contribution < -0.4 is 19.5 Å². The van der Waals surface area contributed by atoms with Gasteiger partial charge in [0.15, 0.2) is 6.61 Å². The van der Waals surface area contributed by atoms with Gasteiger partial charge in [0.05, 0.1) is 21.3 Å². The van der Waals surface area contributed by atoms with Gasteiger partial charge in [0.25, 0.3) is 5.91 Å². The summed E-state index contributed by atoms with van der Waals surface area (Å²) in [5, 5.41) is 2.68. The lowest BCUT2D eigenvalue weighted by atomic mass is 10.1. The fourth-order valence-electron chi connectivity index (χ4n) is 2.41. The van der Waals surface area contributed by atoms with Crippen molar-refractivity contribution in [1.29, 1.82) is 0 Å². The minimum atomic E-state index is -0.641. The molecule has 0 aromatic heterocycles. The van der Waals surface area contributed by atoms with Gasteiger partial charge >= 0.3 is 5.97 Å². The fraction of sp³-hybridized carbons (Fsp3) is 0.238. The van der Waals surface area contributed by atoms with Crippen molar-refractivity contribution in [2.24, 2.45) is 0 Å². The second-order valence-corrected chi connectivity index (χ2v) is 5.64. The van der Waals surface area contributed by atoms with Crippen molar-refractivity contribution in [3.8, 4) is 17.2 Å². The molecule has 0 fully saturated rings. The second-order valence-electron chi connectivity index (χ2n) is 5.64. The maximum atomic E-state index is 11.9. The highest BCUT2D eigenvalue weighted by Gasteiger charge is 2.08. The number of hydrogen-bond acceptors (Lipinski definition) is 6. The van der Waals surface area contributed by atoms with Gasteiger partial charge in [0.2, 0.25) is 0 Å². The molecule has 2 aromatic rings. The summed E-state index contributed by atoms with van der Waals surface area (Å²) >= 11 is 0. The Hall–Kier alpha value is -3.48. The zero-order valence-corrected chi connectivity index (χ0v) is 16.1. The predicted octanol–water partition coefficient (Wildman–Crippen LogP) is 2.59. The minimum absolute atomic E-state index is 0.275. The molecule has 0 heterocycles. The highest BCUT2D eigenvalue weighted by Crippen LogP contribution is 2.25. The van der Waals surface area contributed by atoms with E-state index >= 15 is 0 Å². The molecule has 0 aliphatic carbocycles. The number of carbonyl (C=O) groups excluding carboxylic acids is 2. The van der Waals surface area contributed by atoms with E-state index in [4.69, 9.17) is 18.9 Å². The standard InChI is InChI=1S/C21H23NO6/c1-25-17-9-10-19(27-3)15(12-17)8-11-21(24)28-14-20(23)22-13-16-6-4-5-7-18(16)26-2/h4-12H,13-14H2,1-3H3,(H,22,23)/b11-8+. The first-order chi connectivity index (χ1) is 13.6. The van der Waals surface area contributed by atoms with Crippen LogP contribution in [0.25, 0.3) is 6.08 Å². The molecule has 0 saturated carbocycles.